The van der Waals surface area contributed by atoms with E-state index in [4.69, 9.17) is 47.8 Å². The molecule has 0 saturated carbocycles. The summed E-state index contributed by atoms with van der Waals surface area (Å²) in [5.74, 6) is -0.253. The highest BCUT2D eigenvalue weighted by atomic mass is 35.5. The molecule has 0 saturated heterocycles. The number of hydrogen-bond acceptors (Lipinski definition) is 9. The van der Waals surface area contributed by atoms with Crippen LogP contribution >= 0.6 is 23.2 Å². The number of carbonyl (C=O) groups excluding carboxylic acids is 2. The number of carbonyl (C=O) groups is 2. The van der Waals surface area contributed by atoms with Crippen LogP contribution in [-0.4, -0.2) is 70.3 Å². The number of aromatic nitrogens is 1. The van der Waals surface area contributed by atoms with Crippen LogP contribution in [-0.2, 0) is 16.1 Å². The molecule has 12 heteroatoms. The number of ether oxygens (including phenoxy) is 3. The highest BCUT2D eigenvalue weighted by Crippen LogP contribution is 2.47. The Kier molecular flexibility index (Phi) is 11.9. The largest absolute Gasteiger partial charge is 0.488 e. The Morgan fingerprint density at radius 3 is 2.67 bits per heavy atom. The van der Waals surface area contributed by atoms with Crippen molar-refractivity contribution in [3.05, 3.63) is 106 Å². The minimum Gasteiger partial charge on any atom is -0.488 e. The first-order valence-electron chi connectivity index (χ1n) is 14.4. The molecular weight excluding hydrogens is 633 g/mol. The number of rotatable bonds is 15. The number of nitrogens with one attached hydrogen (secondary N) is 1. The molecule has 0 aliphatic heterocycles. The van der Waals surface area contributed by atoms with Gasteiger partial charge < -0.3 is 29.7 Å². The molecule has 1 amide bonds. The van der Waals surface area contributed by atoms with Crippen molar-refractivity contribution in [3.8, 4) is 17.6 Å². The molecule has 0 bridgehead atoms. The SMILES string of the molecule is CC1(Cl)C(c2ccccc2)=CC=CC1(COc1cc(OCc2cncc(C#N)c2)c(C=O)cc1Cl)OCCCNC(=O)C(O)CO. The average molecular weight is 667 g/mol. The minimum atomic E-state index is -1.50. The van der Waals surface area contributed by atoms with Crippen molar-refractivity contribution in [2.45, 2.75) is 36.5 Å². The lowest BCUT2D eigenvalue weighted by Crippen LogP contribution is -2.55. The monoisotopic (exact) mass is 665 g/mol. The molecule has 0 radical (unpaired) electrons. The van der Waals surface area contributed by atoms with Crippen molar-refractivity contribution in [2.24, 2.45) is 0 Å². The first-order chi connectivity index (χ1) is 22.1. The predicted molar refractivity (Wildman–Crippen MR) is 173 cm³/mol. The second-order valence-electron chi connectivity index (χ2n) is 10.6. The van der Waals surface area contributed by atoms with Crippen molar-refractivity contribution in [2.75, 3.05) is 26.4 Å². The van der Waals surface area contributed by atoms with Gasteiger partial charge in [-0.2, -0.15) is 5.26 Å². The van der Waals surface area contributed by atoms with Crippen molar-refractivity contribution >= 4 is 41.0 Å². The van der Waals surface area contributed by atoms with Gasteiger partial charge in [0.1, 0.15) is 41.3 Å². The van der Waals surface area contributed by atoms with Crippen LogP contribution in [0.1, 0.15) is 40.4 Å². The van der Waals surface area contributed by atoms with Crippen LogP contribution in [0.3, 0.4) is 0 Å². The lowest BCUT2D eigenvalue weighted by molar-refractivity contribution is -0.131. The number of aliphatic hydroxyl groups excluding tert-OH is 2. The van der Waals surface area contributed by atoms with Gasteiger partial charge in [-0.3, -0.25) is 14.6 Å². The number of hydrogen-bond donors (Lipinski definition) is 3. The summed E-state index contributed by atoms with van der Waals surface area (Å²) in [6.07, 6.45) is 8.03. The number of pyridine rings is 1. The third-order valence-corrected chi connectivity index (χ3v) is 8.24. The van der Waals surface area contributed by atoms with Gasteiger partial charge in [0.2, 0.25) is 0 Å². The smallest absolute Gasteiger partial charge is 0.251 e. The number of allylic oxidation sites excluding steroid dienone is 2. The van der Waals surface area contributed by atoms with Gasteiger partial charge in [-0.05, 0) is 42.7 Å². The van der Waals surface area contributed by atoms with Gasteiger partial charge in [-0.1, -0.05) is 54.1 Å². The molecule has 0 spiro atoms. The van der Waals surface area contributed by atoms with Gasteiger partial charge in [0.25, 0.3) is 5.91 Å². The summed E-state index contributed by atoms with van der Waals surface area (Å²) in [6, 6.07) is 16.2. The quantitative estimate of drug-likeness (QED) is 0.120. The van der Waals surface area contributed by atoms with Crippen LogP contribution in [0, 0.1) is 11.3 Å². The number of halogens is 2. The minimum absolute atomic E-state index is 0.0388. The molecule has 1 aliphatic carbocycles. The molecule has 3 unspecified atom stereocenters. The van der Waals surface area contributed by atoms with Gasteiger partial charge >= 0.3 is 0 Å². The van der Waals surface area contributed by atoms with Crippen LogP contribution < -0.4 is 14.8 Å². The zero-order valence-electron chi connectivity index (χ0n) is 25.0. The average Bonchev–Trinajstić information content (AvgIpc) is 3.07. The Balaban J connectivity index is 1.57. The van der Waals surface area contributed by atoms with Gasteiger partial charge in [0, 0.05) is 37.2 Å². The fourth-order valence-corrected chi connectivity index (χ4v) is 5.40. The molecule has 4 rings (SSSR count). The van der Waals surface area contributed by atoms with Crippen molar-refractivity contribution in [3.63, 3.8) is 0 Å². The fourth-order valence-electron chi connectivity index (χ4n) is 4.82. The number of amides is 1. The number of nitrogens with zero attached hydrogens (tertiary/aromatic N) is 2. The summed E-state index contributed by atoms with van der Waals surface area (Å²) >= 11 is 13.9. The Hall–Kier alpha value is -4.24. The fraction of sp³-hybridized carbons (Fsp3) is 0.294. The maximum Gasteiger partial charge on any atom is 0.251 e. The summed E-state index contributed by atoms with van der Waals surface area (Å²) in [7, 11) is 0. The van der Waals surface area contributed by atoms with Crippen LogP contribution in [0.5, 0.6) is 11.5 Å². The number of nitriles is 1. The summed E-state index contributed by atoms with van der Waals surface area (Å²) in [5, 5.41) is 30.4. The molecule has 2 aromatic carbocycles. The van der Waals surface area contributed by atoms with Crippen LogP contribution in [0.15, 0.2) is 79.2 Å². The van der Waals surface area contributed by atoms with Gasteiger partial charge in [0.15, 0.2) is 12.4 Å². The number of alkyl halides is 1. The highest BCUT2D eigenvalue weighted by Gasteiger charge is 2.51. The second kappa shape index (κ2) is 15.9. The zero-order chi connectivity index (χ0) is 33.2. The molecule has 1 heterocycles. The van der Waals surface area contributed by atoms with Crippen LogP contribution in [0.2, 0.25) is 5.02 Å². The molecule has 3 atom stereocenters. The lowest BCUT2D eigenvalue weighted by Gasteiger charge is -2.45. The molecule has 3 aromatic rings. The predicted octanol–water partition coefficient (Wildman–Crippen LogP) is 4.64. The van der Waals surface area contributed by atoms with E-state index in [1.165, 1.54) is 18.3 Å². The summed E-state index contributed by atoms with van der Waals surface area (Å²) in [5.41, 5.74) is 1.66. The second-order valence-corrected chi connectivity index (χ2v) is 11.8. The Morgan fingerprint density at radius 1 is 1.17 bits per heavy atom. The van der Waals surface area contributed by atoms with Gasteiger partial charge in [-0.25, -0.2) is 0 Å². The van der Waals surface area contributed by atoms with E-state index < -0.39 is 29.1 Å². The molecule has 1 aromatic heterocycles. The van der Waals surface area contributed by atoms with E-state index >= 15 is 0 Å². The Labute approximate surface area is 276 Å². The van der Waals surface area contributed by atoms with E-state index in [1.807, 2.05) is 55.5 Å². The molecular formula is C34H33Cl2N3O7. The van der Waals surface area contributed by atoms with E-state index in [9.17, 15) is 14.7 Å². The van der Waals surface area contributed by atoms with Gasteiger partial charge in [0.05, 0.1) is 22.8 Å². The van der Waals surface area contributed by atoms with Crippen molar-refractivity contribution < 1.29 is 34.0 Å². The maximum atomic E-state index is 11.8. The van der Waals surface area contributed by atoms with E-state index in [-0.39, 0.29) is 48.5 Å². The first-order valence-corrected chi connectivity index (χ1v) is 15.1. The molecule has 1 aliphatic rings. The Morgan fingerprint density at radius 2 is 1.96 bits per heavy atom. The van der Waals surface area contributed by atoms with Crippen molar-refractivity contribution in [1.29, 1.82) is 5.26 Å². The summed E-state index contributed by atoms with van der Waals surface area (Å²) < 4.78 is 18.6. The third kappa shape index (κ3) is 8.12. The lowest BCUT2D eigenvalue weighted by atomic mass is 9.76. The number of aldehydes is 1. The molecule has 46 heavy (non-hydrogen) atoms. The molecule has 0 fully saturated rings. The summed E-state index contributed by atoms with van der Waals surface area (Å²) in [4.78, 5) is 26.6. The highest BCUT2D eigenvalue weighted by molar-refractivity contribution is 6.32. The zero-order valence-corrected chi connectivity index (χ0v) is 26.5. The van der Waals surface area contributed by atoms with Crippen molar-refractivity contribution in [1.82, 2.24) is 10.3 Å². The van der Waals surface area contributed by atoms with E-state index in [0.29, 0.717) is 23.8 Å². The standard InChI is InChI=1S/C34H33Cl2N3O7/c1-33(36)27(25-7-3-2-4-8-25)9-5-10-34(33,46-12-6-11-39-32(43)29(42)20-41)22-45-31-15-30(26(19-40)14-28(31)35)44-21-24-13-23(16-37)17-38-18-24/h2-5,7-10,13-15,17-19,29,41-42H,6,11-12,20-22H2,1H3,(H,39,43). The normalized spacial score (nSPS) is 19.4. The molecule has 10 nitrogen and oxygen atoms in total. The first kappa shape index (κ1) is 34.6. The van der Waals surface area contributed by atoms with E-state index in [1.54, 1.807) is 18.3 Å². The van der Waals surface area contributed by atoms with Crippen LogP contribution in [0.4, 0.5) is 0 Å². The molecule has 240 valence electrons. The Bertz CT molecular complexity index is 1640. The number of benzene rings is 2. The molecule has 3 N–H and O–H groups in total. The maximum absolute atomic E-state index is 11.8. The van der Waals surface area contributed by atoms with Crippen LogP contribution in [0.25, 0.3) is 5.57 Å². The van der Waals surface area contributed by atoms with E-state index in [2.05, 4.69) is 10.3 Å². The third-order valence-electron chi connectivity index (χ3n) is 7.42. The topological polar surface area (TPSA) is 151 Å². The van der Waals surface area contributed by atoms with E-state index in [0.717, 1.165) is 11.1 Å². The number of aliphatic hydroxyl groups is 2. The van der Waals surface area contributed by atoms with Gasteiger partial charge in [-0.15, -0.1) is 11.6 Å². The summed E-state index contributed by atoms with van der Waals surface area (Å²) in [6.45, 7) is 1.42.